The van der Waals surface area contributed by atoms with Crippen molar-refractivity contribution in [3.05, 3.63) is 0 Å². The van der Waals surface area contributed by atoms with E-state index in [2.05, 4.69) is 44.0 Å². The Morgan fingerprint density at radius 1 is 1.29 bits per heavy atom. The maximum atomic E-state index is 9.04. The molecule has 0 radical (unpaired) electrons. The van der Waals surface area contributed by atoms with Crippen molar-refractivity contribution in [3.63, 3.8) is 0 Å². The summed E-state index contributed by atoms with van der Waals surface area (Å²) in [5.41, 5.74) is 0. The highest BCUT2D eigenvalue weighted by Gasteiger charge is 2.11. The third-order valence-electron chi connectivity index (χ3n) is 3.24. The van der Waals surface area contributed by atoms with Gasteiger partial charge in [-0.25, -0.2) is 0 Å². The van der Waals surface area contributed by atoms with Gasteiger partial charge in [0, 0.05) is 13.1 Å². The zero-order valence-corrected chi connectivity index (χ0v) is 12.0. The maximum Gasteiger partial charge on any atom is 0.0965 e. The monoisotopic (exact) mass is 239 g/mol. The van der Waals surface area contributed by atoms with Crippen LogP contribution >= 0.6 is 0 Å². The van der Waals surface area contributed by atoms with Gasteiger partial charge >= 0.3 is 0 Å². The second-order valence-electron chi connectivity index (χ2n) is 4.83. The molecule has 0 saturated heterocycles. The summed E-state index contributed by atoms with van der Waals surface area (Å²) in [7, 11) is 0. The summed E-state index contributed by atoms with van der Waals surface area (Å²) in [6, 6.07) is 2.36. The SMILES string of the molecule is CCCNC(C#N)CCN(CC)CC(C)CC. The Kier molecular flexibility index (Phi) is 10.2. The molecule has 0 heterocycles. The molecule has 2 unspecified atom stereocenters. The van der Waals surface area contributed by atoms with Gasteiger partial charge in [-0.15, -0.1) is 0 Å². The van der Waals surface area contributed by atoms with Crippen molar-refractivity contribution in [1.29, 1.82) is 5.26 Å². The first kappa shape index (κ1) is 16.4. The third kappa shape index (κ3) is 8.18. The Hall–Kier alpha value is -0.590. The molecule has 100 valence electrons. The summed E-state index contributed by atoms with van der Waals surface area (Å²) in [5.74, 6) is 0.749. The summed E-state index contributed by atoms with van der Waals surface area (Å²) in [6.07, 6.45) is 3.25. The second kappa shape index (κ2) is 10.6. The van der Waals surface area contributed by atoms with Crippen molar-refractivity contribution in [3.8, 4) is 6.07 Å². The van der Waals surface area contributed by atoms with E-state index in [-0.39, 0.29) is 6.04 Å². The van der Waals surface area contributed by atoms with E-state index in [0.29, 0.717) is 0 Å². The number of rotatable bonds is 10. The van der Waals surface area contributed by atoms with Gasteiger partial charge in [0.1, 0.15) is 0 Å². The molecule has 0 aromatic rings. The van der Waals surface area contributed by atoms with E-state index in [0.717, 1.165) is 44.9 Å². The number of nitrogens with zero attached hydrogens (tertiary/aromatic N) is 2. The summed E-state index contributed by atoms with van der Waals surface area (Å²) in [5, 5.41) is 12.3. The minimum Gasteiger partial charge on any atom is -0.303 e. The van der Waals surface area contributed by atoms with Crippen LogP contribution in [-0.2, 0) is 0 Å². The van der Waals surface area contributed by atoms with Crippen LogP contribution in [0.5, 0.6) is 0 Å². The van der Waals surface area contributed by atoms with Gasteiger partial charge in [-0.1, -0.05) is 34.1 Å². The molecule has 0 aromatic heterocycles. The van der Waals surface area contributed by atoms with E-state index < -0.39 is 0 Å². The molecule has 0 bridgehead atoms. The highest BCUT2D eigenvalue weighted by Crippen LogP contribution is 2.05. The lowest BCUT2D eigenvalue weighted by Gasteiger charge is -2.24. The standard InChI is InChI=1S/C14H29N3/c1-5-9-16-14(11-15)8-10-17(7-3)12-13(4)6-2/h13-14,16H,5-10,12H2,1-4H3. The minimum absolute atomic E-state index is 0.0148. The molecule has 3 heteroatoms. The van der Waals surface area contributed by atoms with Crippen molar-refractivity contribution in [1.82, 2.24) is 10.2 Å². The Bertz CT molecular complexity index is 210. The van der Waals surface area contributed by atoms with Gasteiger partial charge in [0.25, 0.3) is 0 Å². The molecule has 0 rings (SSSR count). The van der Waals surface area contributed by atoms with Crippen LogP contribution in [0.15, 0.2) is 0 Å². The molecule has 1 N–H and O–H groups in total. The summed E-state index contributed by atoms with van der Waals surface area (Å²) in [6.45, 7) is 13.0. The van der Waals surface area contributed by atoms with Gasteiger partial charge in [0.05, 0.1) is 12.1 Å². The molecule has 2 atom stereocenters. The fraction of sp³-hybridized carbons (Fsp3) is 0.929. The number of nitrogens with one attached hydrogen (secondary N) is 1. The third-order valence-corrected chi connectivity index (χ3v) is 3.24. The largest absolute Gasteiger partial charge is 0.303 e. The lowest BCUT2D eigenvalue weighted by atomic mass is 10.1. The molecule has 17 heavy (non-hydrogen) atoms. The first-order valence-electron chi connectivity index (χ1n) is 7.03. The fourth-order valence-corrected chi connectivity index (χ4v) is 1.79. The van der Waals surface area contributed by atoms with Crippen LogP contribution in [0.1, 0.15) is 47.0 Å². The maximum absolute atomic E-state index is 9.04. The summed E-state index contributed by atoms with van der Waals surface area (Å²) >= 11 is 0. The molecule has 3 nitrogen and oxygen atoms in total. The van der Waals surface area contributed by atoms with Crippen molar-refractivity contribution < 1.29 is 0 Å². The zero-order chi connectivity index (χ0) is 13.1. The average Bonchev–Trinajstić information content (AvgIpc) is 2.37. The molecular weight excluding hydrogens is 210 g/mol. The molecule has 0 fully saturated rings. The minimum atomic E-state index is 0.0148. The Labute approximate surface area is 107 Å². The Morgan fingerprint density at radius 3 is 2.47 bits per heavy atom. The normalized spacial score (nSPS) is 14.6. The van der Waals surface area contributed by atoms with E-state index in [4.69, 9.17) is 5.26 Å². The van der Waals surface area contributed by atoms with Crippen LogP contribution in [0, 0.1) is 17.2 Å². The average molecular weight is 239 g/mol. The van der Waals surface area contributed by atoms with Gasteiger partial charge in [-0.2, -0.15) is 5.26 Å². The smallest absolute Gasteiger partial charge is 0.0965 e. The van der Waals surface area contributed by atoms with Crippen molar-refractivity contribution in [2.45, 2.75) is 53.0 Å². The van der Waals surface area contributed by atoms with Crippen LogP contribution < -0.4 is 5.32 Å². The van der Waals surface area contributed by atoms with E-state index >= 15 is 0 Å². The summed E-state index contributed by atoms with van der Waals surface area (Å²) in [4.78, 5) is 2.45. The number of hydrogen-bond acceptors (Lipinski definition) is 3. The highest BCUT2D eigenvalue weighted by atomic mass is 15.1. The number of hydrogen-bond donors (Lipinski definition) is 1. The topological polar surface area (TPSA) is 39.1 Å². The molecule has 0 aliphatic carbocycles. The van der Waals surface area contributed by atoms with Crippen LogP contribution in [0.2, 0.25) is 0 Å². The van der Waals surface area contributed by atoms with Crippen molar-refractivity contribution >= 4 is 0 Å². The Morgan fingerprint density at radius 2 is 2.00 bits per heavy atom. The van der Waals surface area contributed by atoms with Gasteiger partial charge in [-0.05, 0) is 31.8 Å². The van der Waals surface area contributed by atoms with Crippen molar-refractivity contribution in [2.75, 3.05) is 26.2 Å². The molecule has 0 saturated carbocycles. The van der Waals surface area contributed by atoms with E-state index in [1.807, 2.05) is 0 Å². The summed E-state index contributed by atoms with van der Waals surface area (Å²) < 4.78 is 0. The van der Waals surface area contributed by atoms with Gasteiger partial charge in [0.2, 0.25) is 0 Å². The predicted octanol–water partition coefficient (Wildman–Crippen LogP) is 2.64. The molecule has 0 spiro atoms. The van der Waals surface area contributed by atoms with Gasteiger partial charge < -0.3 is 10.2 Å². The van der Waals surface area contributed by atoms with Gasteiger partial charge in [0.15, 0.2) is 0 Å². The molecular formula is C14H29N3. The fourth-order valence-electron chi connectivity index (χ4n) is 1.79. The van der Waals surface area contributed by atoms with Gasteiger partial charge in [-0.3, -0.25) is 0 Å². The predicted molar refractivity (Wildman–Crippen MR) is 73.9 cm³/mol. The lowest BCUT2D eigenvalue weighted by Crippen LogP contribution is -2.35. The van der Waals surface area contributed by atoms with Crippen LogP contribution in [0.4, 0.5) is 0 Å². The molecule has 0 amide bonds. The second-order valence-corrected chi connectivity index (χ2v) is 4.83. The Balaban J connectivity index is 3.90. The zero-order valence-electron chi connectivity index (χ0n) is 12.0. The van der Waals surface area contributed by atoms with Crippen LogP contribution in [0.25, 0.3) is 0 Å². The lowest BCUT2D eigenvalue weighted by molar-refractivity contribution is 0.237. The first-order chi connectivity index (χ1) is 8.17. The number of nitriles is 1. The van der Waals surface area contributed by atoms with E-state index in [1.54, 1.807) is 0 Å². The van der Waals surface area contributed by atoms with Crippen molar-refractivity contribution in [2.24, 2.45) is 5.92 Å². The van der Waals surface area contributed by atoms with E-state index in [1.165, 1.54) is 6.42 Å². The highest BCUT2D eigenvalue weighted by molar-refractivity contribution is 4.90. The molecule has 0 aliphatic heterocycles. The molecule has 0 aromatic carbocycles. The molecule has 0 aliphatic rings. The quantitative estimate of drug-likeness (QED) is 0.637. The first-order valence-corrected chi connectivity index (χ1v) is 7.03. The van der Waals surface area contributed by atoms with E-state index in [9.17, 15) is 0 Å². The van der Waals surface area contributed by atoms with Crippen LogP contribution in [0.3, 0.4) is 0 Å². The van der Waals surface area contributed by atoms with Crippen LogP contribution in [-0.4, -0.2) is 37.1 Å².